The molecule has 0 bridgehead atoms. The van der Waals surface area contributed by atoms with E-state index < -0.39 is 4.92 Å². The second kappa shape index (κ2) is 6.35. The van der Waals surface area contributed by atoms with Gasteiger partial charge in [0.25, 0.3) is 5.69 Å². The average Bonchev–Trinajstić information content (AvgIpc) is 2.30. The predicted molar refractivity (Wildman–Crippen MR) is 78.4 cm³/mol. The maximum Gasteiger partial charge on any atom is 0.275 e. The van der Waals surface area contributed by atoms with Crippen LogP contribution in [-0.4, -0.2) is 11.5 Å². The summed E-state index contributed by atoms with van der Waals surface area (Å²) in [5.74, 6) is 0.529. The summed E-state index contributed by atoms with van der Waals surface area (Å²) in [4.78, 5) is 10.6. The average molecular weight is 285 g/mol. The zero-order chi connectivity index (χ0) is 14.6. The van der Waals surface area contributed by atoms with Crippen molar-refractivity contribution in [2.75, 3.05) is 6.54 Å². The first-order chi connectivity index (χ1) is 8.75. The highest BCUT2D eigenvalue weighted by atomic mass is 35.5. The second-order valence-corrected chi connectivity index (χ2v) is 6.15. The minimum absolute atomic E-state index is 0.0716. The number of nitrogens with one attached hydrogen (secondary N) is 1. The van der Waals surface area contributed by atoms with Gasteiger partial charge in [-0.25, -0.2) is 0 Å². The van der Waals surface area contributed by atoms with E-state index in [1.54, 1.807) is 12.1 Å². The standard InChI is InChI=1S/C14H21ClN2O2/c1-10(2)14(3,4)9-16-8-11-12(15)6-5-7-13(11)17(18)19/h5-7,10,16H,8-9H2,1-4H3. The lowest BCUT2D eigenvalue weighted by atomic mass is 9.81. The number of rotatable bonds is 6. The summed E-state index contributed by atoms with van der Waals surface area (Å²) in [6.45, 7) is 9.87. The molecule has 1 N–H and O–H groups in total. The number of nitro benzene ring substituents is 1. The monoisotopic (exact) mass is 284 g/mol. The summed E-state index contributed by atoms with van der Waals surface area (Å²) in [6, 6.07) is 4.76. The molecule has 0 radical (unpaired) electrons. The molecule has 0 unspecified atom stereocenters. The van der Waals surface area contributed by atoms with Gasteiger partial charge in [0.1, 0.15) is 0 Å². The Morgan fingerprint density at radius 1 is 1.42 bits per heavy atom. The largest absolute Gasteiger partial charge is 0.312 e. The van der Waals surface area contributed by atoms with E-state index in [4.69, 9.17) is 11.6 Å². The first-order valence-electron chi connectivity index (χ1n) is 6.38. The van der Waals surface area contributed by atoms with Gasteiger partial charge in [-0.15, -0.1) is 0 Å². The zero-order valence-electron chi connectivity index (χ0n) is 11.9. The van der Waals surface area contributed by atoms with Crippen molar-refractivity contribution < 1.29 is 4.92 Å². The fourth-order valence-electron chi connectivity index (χ4n) is 1.61. The van der Waals surface area contributed by atoms with E-state index in [0.717, 1.165) is 6.54 Å². The van der Waals surface area contributed by atoms with E-state index in [9.17, 15) is 10.1 Å². The van der Waals surface area contributed by atoms with Gasteiger partial charge in [0.05, 0.1) is 15.5 Å². The number of hydrogen-bond donors (Lipinski definition) is 1. The number of halogens is 1. The Labute approximate surface area is 119 Å². The summed E-state index contributed by atoms with van der Waals surface area (Å²) in [5.41, 5.74) is 0.756. The molecule has 1 aromatic carbocycles. The Hall–Kier alpha value is -1.13. The topological polar surface area (TPSA) is 55.2 Å². The van der Waals surface area contributed by atoms with Crippen molar-refractivity contribution in [1.29, 1.82) is 0 Å². The van der Waals surface area contributed by atoms with Crippen molar-refractivity contribution in [3.05, 3.63) is 38.9 Å². The normalized spacial score (nSPS) is 11.9. The number of nitrogens with zero attached hydrogens (tertiary/aromatic N) is 1. The van der Waals surface area contributed by atoms with Gasteiger partial charge in [-0.2, -0.15) is 0 Å². The number of hydrogen-bond acceptors (Lipinski definition) is 3. The summed E-state index contributed by atoms with van der Waals surface area (Å²) >= 11 is 6.04. The Morgan fingerprint density at radius 2 is 2.05 bits per heavy atom. The fraction of sp³-hybridized carbons (Fsp3) is 0.571. The Bertz CT molecular complexity index is 459. The minimum Gasteiger partial charge on any atom is -0.312 e. The van der Waals surface area contributed by atoms with E-state index in [1.165, 1.54) is 6.07 Å². The number of benzene rings is 1. The first kappa shape index (κ1) is 15.9. The SMILES string of the molecule is CC(C)C(C)(C)CNCc1c(Cl)cccc1[N+](=O)[O-]. The van der Waals surface area contributed by atoms with Crippen LogP contribution in [0.5, 0.6) is 0 Å². The van der Waals surface area contributed by atoms with Gasteiger partial charge in [0.2, 0.25) is 0 Å². The summed E-state index contributed by atoms with van der Waals surface area (Å²) in [6.07, 6.45) is 0. The predicted octanol–water partition coefficient (Wildman–Crippen LogP) is 4.02. The van der Waals surface area contributed by atoms with Crippen molar-refractivity contribution in [2.24, 2.45) is 11.3 Å². The molecule has 19 heavy (non-hydrogen) atoms. The van der Waals surface area contributed by atoms with Crippen LogP contribution in [0.15, 0.2) is 18.2 Å². The lowest BCUT2D eigenvalue weighted by molar-refractivity contribution is -0.385. The van der Waals surface area contributed by atoms with Gasteiger partial charge < -0.3 is 5.32 Å². The van der Waals surface area contributed by atoms with Crippen LogP contribution in [0.1, 0.15) is 33.3 Å². The van der Waals surface area contributed by atoms with Crippen molar-refractivity contribution in [1.82, 2.24) is 5.32 Å². The highest BCUT2D eigenvalue weighted by Crippen LogP contribution is 2.28. The summed E-state index contributed by atoms with van der Waals surface area (Å²) in [5, 5.41) is 14.7. The third-order valence-corrected chi connectivity index (χ3v) is 4.09. The molecule has 0 aliphatic rings. The van der Waals surface area contributed by atoms with Gasteiger partial charge in [-0.05, 0) is 17.4 Å². The lowest BCUT2D eigenvalue weighted by Gasteiger charge is -2.29. The molecule has 0 aliphatic heterocycles. The molecule has 4 nitrogen and oxygen atoms in total. The van der Waals surface area contributed by atoms with Gasteiger partial charge in [-0.1, -0.05) is 45.4 Å². The molecule has 0 saturated carbocycles. The van der Waals surface area contributed by atoms with Crippen molar-refractivity contribution in [3.63, 3.8) is 0 Å². The molecule has 0 heterocycles. The van der Waals surface area contributed by atoms with Crippen LogP contribution in [0.2, 0.25) is 5.02 Å². The van der Waals surface area contributed by atoms with Gasteiger partial charge in [0, 0.05) is 19.2 Å². The molecular formula is C14H21ClN2O2. The van der Waals surface area contributed by atoms with Crippen LogP contribution in [0, 0.1) is 21.4 Å². The maximum atomic E-state index is 11.0. The Morgan fingerprint density at radius 3 is 2.58 bits per heavy atom. The van der Waals surface area contributed by atoms with E-state index in [-0.39, 0.29) is 11.1 Å². The lowest BCUT2D eigenvalue weighted by Crippen LogP contribution is -2.33. The molecule has 0 saturated heterocycles. The molecule has 1 rings (SSSR count). The van der Waals surface area contributed by atoms with Crippen molar-refractivity contribution >= 4 is 17.3 Å². The van der Waals surface area contributed by atoms with Crippen LogP contribution >= 0.6 is 11.6 Å². The molecule has 0 amide bonds. The minimum atomic E-state index is -0.392. The fourth-order valence-corrected chi connectivity index (χ4v) is 1.84. The molecule has 106 valence electrons. The molecule has 0 aromatic heterocycles. The van der Waals surface area contributed by atoms with Crippen LogP contribution in [0.25, 0.3) is 0 Å². The molecular weight excluding hydrogens is 264 g/mol. The van der Waals surface area contributed by atoms with E-state index >= 15 is 0 Å². The van der Waals surface area contributed by atoms with Gasteiger partial charge in [-0.3, -0.25) is 10.1 Å². The smallest absolute Gasteiger partial charge is 0.275 e. The zero-order valence-corrected chi connectivity index (χ0v) is 12.6. The van der Waals surface area contributed by atoms with Crippen LogP contribution in [0.4, 0.5) is 5.69 Å². The molecule has 1 aromatic rings. The third kappa shape index (κ3) is 4.18. The molecule has 0 fully saturated rings. The summed E-state index contributed by atoms with van der Waals surface area (Å²) in [7, 11) is 0. The van der Waals surface area contributed by atoms with Crippen molar-refractivity contribution in [3.8, 4) is 0 Å². The summed E-state index contributed by atoms with van der Waals surface area (Å²) < 4.78 is 0. The van der Waals surface area contributed by atoms with Crippen LogP contribution < -0.4 is 5.32 Å². The van der Waals surface area contributed by atoms with E-state index in [0.29, 0.717) is 23.0 Å². The van der Waals surface area contributed by atoms with E-state index in [2.05, 4.69) is 33.0 Å². The second-order valence-electron chi connectivity index (χ2n) is 5.74. The van der Waals surface area contributed by atoms with E-state index in [1.807, 2.05) is 0 Å². The van der Waals surface area contributed by atoms with Crippen LogP contribution in [0.3, 0.4) is 0 Å². The van der Waals surface area contributed by atoms with Gasteiger partial charge in [0.15, 0.2) is 0 Å². The highest BCUT2D eigenvalue weighted by Gasteiger charge is 2.23. The van der Waals surface area contributed by atoms with Gasteiger partial charge >= 0.3 is 0 Å². The first-order valence-corrected chi connectivity index (χ1v) is 6.76. The molecule has 0 spiro atoms. The van der Waals surface area contributed by atoms with Crippen LogP contribution in [-0.2, 0) is 6.54 Å². The quantitative estimate of drug-likeness (QED) is 0.634. The van der Waals surface area contributed by atoms with Crippen molar-refractivity contribution in [2.45, 2.75) is 34.2 Å². The molecule has 0 aliphatic carbocycles. The molecule has 5 heteroatoms. The molecule has 0 atom stereocenters. The maximum absolute atomic E-state index is 11.0. The highest BCUT2D eigenvalue weighted by molar-refractivity contribution is 6.31. The Kier molecular flexibility index (Phi) is 5.32. The number of nitro groups is 1. The third-order valence-electron chi connectivity index (χ3n) is 3.74. The Balaban J connectivity index is 2.76.